The monoisotopic (exact) mass is 270 g/mol. The van der Waals surface area contributed by atoms with Crippen LogP contribution in [-0.4, -0.2) is 11.5 Å². The van der Waals surface area contributed by atoms with Crippen molar-refractivity contribution in [1.82, 2.24) is 4.98 Å². The molecule has 1 aromatic carbocycles. The topological polar surface area (TPSA) is 34.1 Å². The van der Waals surface area contributed by atoms with Gasteiger partial charge in [-0.2, -0.15) is 4.98 Å². The summed E-state index contributed by atoms with van der Waals surface area (Å²) < 4.78 is 5.94. The number of hydrogen-bond acceptors (Lipinski definition) is 3. The highest BCUT2D eigenvalue weighted by molar-refractivity contribution is 5.41. The van der Waals surface area contributed by atoms with Gasteiger partial charge in [0, 0.05) is 12.6 Å². The third-order valence-electron chi connectivity index (χ3n) is 3.04. The molecule has 0 fully saturated rings. The molecule has 3 nitrogen and oxygen atoms in total. The van der Waals surface area contributed by atoms with Gasteiger partial charge in [-0.25, -0.2) is 0 Å². The van der Waals surface area contributed by atoms with Crippen molar-refractivity contribution in [3.63, 3.8) is 0 Å². The van der Waals surface area contributed by atoms with Crippen LogP contribution in [0.25, 0.3) is 0 Å². The number of ether oxygens (including phenoxy) is 1. The fourth-order valence-electron chi connectivity index (χ4n) is 1.99. The van der Waals surface area contributed by atoms with Gasteiger partial charge in [-0.15, -0.1) is 0 Å². The molecule has 1 N–H and O–H groups in total. The lowest BCUT2D eigenvalue weighted by Gasteiger charge is -2.13. The fourth-order valence-corrected chi connectivity index (χ4v) is 1.99. The second-order valence-electron chi connectivity index (χ2n) is 5.08. The first-order chi connectivity index (χ1) is 9.70. The highest BCUT2D eigenvalue weighted by Gasteiger charge is 2.08. The minimum absolute atomic E-state index is 0.424. The van der Waals surface area contributed by atoms with Gasteiger partial charge in [0.1, 0.15) is 11.6 Å². The van der Waals surface area contributed by atoms with Gasteiger partial charge in [0.05, 0.1) is 0 Å². The maximum Gasteiger partial charge on any atom is 0.221 e. The summed E-state index contributed by atoms with van der Waals surface area (Å²) in [5, 5.41) is 3.27. The van der Waals surface area contributed by atoms with E-state index in [2.05, 4.69) is 37.1 Å². The van der Waals surface area contributed by atoms with Crippen molar-refractivity contribution in [3.05, 3.63) is 48.0 Å². The number of anilines is 1. The van der Waals surface area contributed by atoms with Gasteiger partial charge in [-0.05, 0) is 30.0 Å². The summed E-state index contributed by atoms with van der Waals surface area (Å²) in [5.74, 6) is 2.78. The Balaban J connectivity index is 2.17. The molecule has 106 valence electrons. The van der Waals surface area contributed by atoms with Crippen LogP contribution in [0.2, 0.25) is 0 Å². The molecule has 0 amide bonds. The van der Waals surface area contributed by atoms with E-state index in [1.807, 2.05) is 36.4 Å². The van der Waals surface area contributed by atoms with Gasteiger partial charge in [0.2, 0.25) is 5.88 Å². The average molecular weight is 270 g/mol. The maximum absolute atomic E-state index is 5.94. The lowest BCUT2D eigenvalue weighted by atomic mass is 10.0. The molecule has 20 heavy (non-hydrogen) atoms. The van der Waals surface area contributed by atoms with Crippen LogP contribution >= 0.6 is 0 Å². The summed E-state index contributed by atoms with van der Waals surface area (Å²) >= 11 is 0. The first-order valence-corrected chi connectivity index (χ1v) is 7.18. The van der Waals surface area contributed by atoms with Crippen LogP contribution in [0.4, 0.5) is 5.82 Å². The van der Waals surface area contributed by atoms with Gasteiger partial charge in [-0.1, -0.05) is 45.0 Å². The summed E-state index contributed by atoms with van der Waals surface area (Å²) in [6, 6.07) is 13.9. The maximum atomic E-state index is 5.94. The first kappa shape index (κ1) is 14.4. The zero-order valence-electron chi connectivity index (χ0n) is 12.4. The second-order valence-corrected chi connectivity index (χ2v) is 5.08. The average Bonchev–Trinajstić information content (AvgIpc) is 2.46. The Bertz CT molecular complexity index is 552. The zero-order chi connectivity index (χ0) is 14.4. The van der Waals surface area contributed by atoms with Crippen molar-refractivity contribution in [1.29, 1.82) is 0 Å². The molecule has 3 heteroatoms. The molecular formula is C17H22N2O. The molecule has 0 atom stereocenters. The SMILES string of the molecule is CCCNc1cccc(Oc2ccccc2C(C)C)n1. The lowest BCUT2D eigenvalue weighted by Crippen LogP contribution is -2.02. The van der Waals surface area contributed by atoms with E-state index in [0.717, 1.165) is 24.5 Å². The van der Waals surface area contributed by atoms with E-state index >= 15 is 0 Å². The van der Waals surface area contributed by atoms with E-state index in [4.69, 9.17) is 4.74 Å². The van der Waals surface area contributed by atoms with Crippen LogP contribution in [-0.2, 0) is 0 Å². The van der Waals surface area contributed by atoms with Crippen molar-refractivity contribution < 1.29 is 4.74 Å². The Morgan fingerprint density at radius 1 is 1.10 bits per heavy atom. The molecular weight excluding hydrogens is 248 g/mol. The molecule has 0 aliphatic carbocycles. The number of pyridine rings is 1. The minimum atomic E-state index is 0.424. The Hall–Kier alpha value is -2.03. The van der Waals surface area contributed by atoms with E-state index in [0.29, 0.717) is 11.8 Å². The predicted molar refractivity (Wildman–Crippen MR) is 83.6 cm³/mol. The standard InChI is InChI=1S/C17H22N2O/c1-4-12-18-16-10-7-11-17(19-16)20-15-9-6-5-8-14(15)13(2)3/h5-11,13H,4,12H2,1-3H3,(H,18,19). The Labute approximate surface area is 121 Å². The smallest absolute Gasteiger partial charge is 0.221 e. The number of benzene rings is 1. The molecule has 0 bridgehead atoms. The Morgan fingerprint density at radius 2 is 1.90 bits per heavy atom. The van der Waals surface area contributed by atoms with E-state index in [1.165, 1.54) is 5.56 Å². The fraction of sp³-hybridized carbons (Fsp3) is 0.353. The summed E-state index contributed by atoms with van der Waals surface area (Å²) in [5.41, 5.74) is 1.20. The largest absolute Gasteiger partial charge is 0.439 e. The van der Waals surface area contributed by atoms with Crippen LogP contribution < -0.4 is 10.1 Å². The van der Waals surface area contributed by atoms with Crippen LogP contribution in [0, 0.1) is 0 Å². The van der Waals surface area contributed by atoms with Gasteiger partial charge in [0.15, 0.2) is 0 Å². The first-order valence-electron chi connectivity index (χ1n) is 7.18. The summed E-state index contributed by atoms with van der Waals surface area (Å²) in [6.07, 6.45) is 1.07. The molecule has 0 unspecified atom stereocenters. The van der Waals surface area contributed by atoms with Crippen LogP contribution in [0.5, 0.6) is 11.6 Å². The van der Waals surface area contributed by atoms with Crippen LogP contribution in [0.15, 0.2) is 42.5 Å². The lowest BCUT2D eigenvalue weighted by molar-refractivity contribution is 0.455. The molecule has 0 radical (unpaired) electrons. The molecule has 0 saturated heterocycles. The number of hydrogen-bond donors (Lipinski definition) is 1. The van der Waals surface area contributed by atoms with Gasteiger partial charge >= 0.3 is 0 Å². The number of para-hydroxylation sites is 1. The van der Waals surface area contributed by atoms with Gasteiger partial charge in [0.25, 0.3) is 0 Å². The van der Waals surface area contributed by atoms with Gasteiger partial charge < -0.3 is 10.1 Å². The normalized spacial score (nSPS) is 10.6. The Morgan fingerprint density at radius 3 is 2.65 bits per heavy atom. The number of rotatable bonds is 6. The molecule has 0 saturated carbocycles. The number of aromatic nitrogens is 1. The van der Waals surface area contributed by atoms with Crippen LogP contribution in [0.3, 0.4) is 0 Å². The molecule has 0 spiro atoms. The summed E-state index contributed by atoms with van der Waals surface area (Å²) in [4.78, 5) is 4.47. The van der Waals surface area contributed by atoms with E-state index < -0.39 is 0 Å². The third-order valence-corrected chi connectivity index (χ3v) is 3.04. The highest BCUT2D eigenvalue weighted by Crippen LogP contribution is 2.29. The molecule has 1 aromatic heterocycles. The highest BCUT2D eigenvalue weighted by atomic mass is 16.5. The molecule has 1 heterocycles. The third kappa shape index (κ3) is 3.73. The summed E-state index contributed by atoms with van der Waals surface area (Å²) in [6.45, 7) is 7.37. The molecule has 2 rings (SSSR count). The van der Waals surface area contributed by atoms with Crippen LogP contribution in [0.1, 0.15) is 38.7 Å². The van der Waals surface area contributed by atoms with E-state index in [-0.39, 0.29) is 0 Å². The second kappa shape index (κ2) is 6.94. The molecule has 2 aromatic rings. The quantitative estimate of drug-likeness (QED) is 0.817. The molecule has 0 aliphatic heterocycles. The van der Waals surface area contributed by atoms with Crippen molar-refractivity contribution >= 4 is 5.82 Å². The van der Waals surface area contributed by atoms with E-state index in [9.17, 15) is 0 Å². The summed E-state index contributed by atoms with van der Waals surface area (Å²) in [7, 11) is 0. The minimum Gasteiger partial charge on any atom is -0.439 e. The van der Waals surface area contributed by atoms with E-state index in [1.54, 1.807) is 0 Å². The van der Waals surface area contributed by atoms with Crippen molar-refractivity contribution in [3.8, 4) is 11.6 Å². The van der Waals surface area contributed by atoms with Crippen molar-refractivity contribution in [2.45, 2.75) is 33.1 Å². The zero-order valence-corrected chi connectivity index (χ0v) is 12.4. The molecule has 0 aliphatic rings. The van der Waals surface area contributed by atoms with Crippen molar-refractivity contribution in [2.75, 3.05) is 11.9 Å². The number of nitrogens with zero attached hydrogens (tertiary/aromatic N) is 1. The predicted octanol–water partition coefficient (Wildman–Crippen LogP) is 4.82. The number of nitrogens with one attached hydrogen (secondary N) is 1. The van der Waals surface area contributed by atoms with Gasteiger partial charge in [-0.3, -0.25) is 0 Å². The van der Waals surface area contributed by atoms with Crippen molar-refractivity contribution in [2.24, 2.45) is 0 Å². The Kier molecular flexibility index (Phi) is 4.99.